The van der Waals surface area contributed by atoms with E-state index in [0.717, 1.165) is 37.7 Å². The van der Waals surface area contributed by atoms with Crippen LogP contribution in [0.15, 0.2) is 53.4 Å². The second kappa shape index (κ2) is 9.40. The molecule has 0 aromatic heterocycles. The molecule has 1 saturated carbocycles. The summed E-state index contributed by atoms with van der Waals surface area (Å²) in [7, 11) is -3.81. The molecule has 30 heavy (non-hydrogen) atoms. The highest BCUT2D eigenvalue weighted by Gasteiger charge is 2.33. The number of nitrogens with zero attached hydrogens (tertiary/aromatic N) is 1. The van der Waals surface area contributed by atoms with Gasteiger partial charge in [0.15, 0.2) is 0 Å². The number of sulfonamides is 1. The Kier molecular flexibility index (Phi) is 6.89. The number of anilines is 1. The van der Waals surface area contributed by atoms with E-state index in [1.54, 1.807) is 36.4 Å². The smallest absolute Gasteiger partial charge is 0.248 e. The van der Waals surface area contributed by atoms with Gasteiger partial charge in [-0.25, -0.2) is 8.42 Å². The first-order valence-corrected chi connectivity index (χ1v) is 11.5. The van der Waals surface area contributed by atoms with E-state index in [1.807, 2.05) is 6.92 Å². The normalized spacial score (nSPS) is 15.1. The standard InChI is InChI=1S/C22H27N3O4S/c1-16-7-13-20(14-8-16)30(28,29)25(19-5-3-2-4-6-19)15-21(26)24-18-11-9-17(10-12-18)22(23)27/h7-14,19H,2-6,15H2,1H3,(H2,23,27)(H,24,26). The molecular formula is C22H27N3O4S. The zero-order chi connectivity index (χ0) is 21.7. The van der Waals surface area contributed by atoms with Gasteiger partial charge in [0.1, 0.15) is 0 Å². The minimum atomic E-state index is -3.81. The van der Waals surface area contributed by atoms with E-state index < -0.39 is 21.8 Å². The Morgan fingerprint density at radius 2 is 1.60 bits per heavy atom. The molecule has 2 amide bonds. The molecule has 0 spiro atoms. The third-order valence-corrected chi connectivity index (χ3v) is 7.27. The summed E-state index contributed by atoms with van der Waals surface area (Å²) in [5, 5.41) is 2.71. The Balaban J connectivity index is 1.80. The fraction of sp³-hybridized carbons (Fsp3) is 0.364. The molecule has 8 heteroatoms. The van der Waals surface area contributed by atoms with Gasteiger partial charge in [-0.1, -0.05) is 37.0 Å². The topological polar surface area (TPSA) is 110 Å². The van der Waals surface area contributed by atoms with E-state index in [1.165, 1.54) is 16.4 Å². The monoisotopic (exact) mass is 429 g/mol. The molecule has 7 nitrogen and oxygen atoms in total. The maximum absolute atomic E-state index is 13.3. The van der Waals surface area contributed by atoms with Crippen molar-refractivity contribution in [3.8, 4) is 0 Å². The Labute approximate surface area is 177 Å². The zero-order valence-electron chi connectivity index (χ0n) is 17.0. The molecule has 0 saturated heterocycles. The van der Waals surface area contributed by atoms with Crippen LogP contribution in [0, 0.1) is 6.92 Å². The first-order chi connectivity index (χ1) is 14.3. The van der Waals surface area contributed by atoms with Crippen LogP contribution in [0.25, 0.3) is 0 Å². The molecule has 160 valence electrons. The van der Waals surface area contributed by atoms with Crippen LogP contribution in [0.1, 0.15) is 48.0 Å². The van der Waals surface area contributed by atoms with Crippen molar-refractivity contribution in [3.05, 3.63) is 59.7 Å². The molecule has 1 aliphatic rings. The van der Waals surface area contributed by atoms with Crippen molar-refractivity contribution in [2.75, 3.05) is 11.9 Å². The first kappa shape index (κ1) is 22.0. The lowest BCUT2D eigenvalue weighted by molar-refractivity contribution is -0.116. The maximum atomic E-state index is 13.3. The molecule has 0 unspecified atom stereocenters. The molecule has 0 radical (unpaired) electrons. The average molecular weight is 430 g/mol. The predicted octanol–water partition coefficient (Wildman–Crippen LogP) is 3.06. The molecule has 2 aromatic carbocycles. The summed E-state index contributed by atoms with van der Waals surface area (Å²) in [5.74, 6) is -0.983. The van der Waals surface area contributed by atoms with Crippen molar-refractivity contribution in [3.63, 3.8) is 0 Å². The quantitative estimate of drug-likeness (QED) is 0.705. The molecular weight excluding hydrogens is 402 g/mol. The Bertz CT molecular complexity index is 996. The van der Waals surface area contributed by atoms with Gasteiger partial charge in [-0.3, -0.25) is 9.59 Å². The van der Waals surface area contributed by atoms with Crippen LogP contribution in [0.5, 0.6) is 0 Å². The van der Waals surface area contributed by atoms with E-state index in [2.05, 4.69) is 5.32 Å². The number of rotatable bonds is 7. The number of aryl methyl sites for hydroxylation is 1. The van der Waals surface area contributed by atoms with Crippen molar-refractivity contribution in [2.45, 2.75) is 50.0 Å². The van der Waals surface area contributed by atoms with Crippen molar-refractivity contribution < 1.29 is 18.0 Å². The zero-order valence-corrected chi connectivity index (χ0v) is 17.8. The number of nitrogens with two attached hydrogens (primary N) is 1. The van der Waals surface area contributed by atoms with Gasteiger partial charge in [-0.05, 0) is 56.2 Å². The highest BCUT2D eigenvalue weighted by molar-refractivity contribution is 7.89. The molecule has 0 heterocycles. The van der Waals surface area contributed by atoms with Crippen LogP contribution in [0.3, 0.4) is 0 Å². The minimum Gasteiger partial charge on any atom is -0.366 e. The van der Waals surface area contributed by atoms with Crippen molar-refractivity contribution >= 4 is 27.5 Å². The van der Waals surface area contributed by atoms with Crippen LogP contribution in [-0.2, 0) is 14.8 Å². The van der Waals surface area contributed by atoms with Crippen LogP contribution in [0.2, 0.25) is 0 Å². The van der Waals surface area contributed by atoms with Gasteiger partial charge in [-0.15, -0.1) is 0 Å². The van der Waals surface area contributed by atoms with Crippen molar-refractivity contribution in [2.24, 2.45) is 5.73 Å². The number of carbonyl (C=O) groups excluding carboxylic acids is 2. The number of hydrogen-bond acceptors (Lipinski definition) is 4. The SMILES string of the molecule is Cc1ccc(S(=O)(=O)N(CC(=O)Nc2ccc(C(N)=O)cc2)C2CCCCC2)cc1. The van der Waals surface area contributed by atoms with Crippen LogP contribution in [0.4, 0.5) is 5.69 Å². The second-order valence-electron chi connectivity index (χ2n) is 7.64. The molecule has 1 aliphatic carbocycles. The summed E-state index contributed by atoms with van der Waals surface area (Å²) in [6.45, 7) is 1.63. The van der Waals surface area contributed by atoms with E-state index in [4.69, 9.17) is 5.73 Å². The van der Waals surface area contributed by atoms with E-state index in [-0.39, 0.29) is 17.5 Å². The molecule has 0 bridgehead atoms. The number of hydrogen-bond donors (Lipinski definition) is 2. The average Bonchev–Trinajstić information content (AvgIpc) is 2.73. The lowest BCUT2D eigenvalue weighted by atomic mass is 9.95. The Hall–Kier alpha value is -2.71. The Morgan fingerprint density at radius 1 is 1.00 bits per heavy atom. The second-order valence-corrected chi connectivity index (χ2v) is 9.54. The fourth-order valence-corrected chi connectivity index (χ4v) is 5.33. The van der Waals surface area contributed by atoms with Gasteiger partial charge in [0.2, 0.25) is 21.8 Å². The largest absolute Gasteiger partial charge is 0.366 e. The number of nitrogens with one attached hydrogen (secondary N) is 1. The number of amides is 2. The van der Waals surface area contributed by atoms with Gasteiger partial charge in [-0.2, -0.15) is 4.31 Å². The lowest BCUT2D eigenvalue weighted by Gasteiger charge is -2.33. The van der Waals surface area contributed by atoms with E-state index >= 15 is 0 Å². The van der Waals surface area contributed by atoms with E-state index in [9.17, 15) is 18.0 Å². The summed E-state index contributed by atoms with van der Waals surface area (Å²) in [4.78, 5) is 24.1. The highest BCUT2D eigenvalue weighted by atomic mass is 32.2. The van der Waals surface area contributed by atoms with Gasteiger partial charge >= 0.3 is 0 Å². The third kappa shape index (κ3) is 5.25. The summed E-state index contributed by atoms with van der Waals surface area (Å²) in [6.07, 6.45) is 4.45. The van der Waals surface area contributed by atoms with Crippen LogP contribution in [-0.4, -0.2) is 37.1 Å². The molecule has 2 aromatic rings. The molecule has 3 rings (SSSR count). The van der Waals surface area contributed by atoms with Crippen molar-refractivity contribution in [1.82, 2.24) is 4.31 Å². The summed E-state index contributed by atoms with van der Waals surface area (Å²) in [5.41, 5.74) is 7.00. The summed E-state index contributed by atoms with van der Waals surface area (Å²) in [6, 6.07) is 12.6. The van der Waals surface area contributed by atoms with E-state index in [0.29, 0.717) is 11.3 Å². The summed E-state index contributed by atoms with van der Waals surface area (Å²) >= 11 is 0. The number of primary amides is 1. The third-order valence-electron chi connectivity index (χ3n) is 5.36. The number of benzene rings is 2. The van der Waals surface area contributed by atoms with Crippen LogP contribution < -0.4 is 11.1 Å². The van der Waals surface area contributed by atoms with Crippen LogP contribution >= 0.6 is 0 Å². The summed E-state index contributed by atoms with van der Waals surface area (Å²) < 4.78 is 28.0. The molecule has 0 aliphatic heterocycles. The van der Waals surface area contributed by atoms with Gasteiger partial charge < -0.3 is 11.1 Å². The van der Waals surface area contributed by atoms with Gasteiger partial charge in [0.25, 0.3) is 0 Å². The van der Waals surface area contributed by atoms with Gasteiger partial charge in [0.05, 0.1) is 11.4 Å². The first-order valence-electron chi connectivity index (χ1n) is 10.1. The predicted molar refractivity (Wildman–Crippen MR) is 116 cm³/mol. The lowest BCUT2D eigenvalue weighted by Crippen LogP contribution is -2.45. The minimum absolute atomic E-state index is 0.192. The molecule has 1 fully saturated rings. The van der Waals surface area contributed by atoms with Gasteiger partial charge in [0, 0.05) is 17.3 Å². The Morgan fingerprint density at radius 3 is 2.17 bits per heavy atom. The maximum Gasteiger partial charge on any atom is 0.248 e. The number of carbonyl (C=O) groups is 2. The fourth-order valence-electron chi connectivity index (χ4n) is 3.68. The highest BCUT2D eigenvalue weighted by Crippen LogP contribution is 2.28. The molecule has 3 N–H and O–H groups in total. The molecule has 0 atom stereocenters. The van der Waals surface area contributed by atoms with Crippen molar-refractivity contribution in [1.29, 1.82) is 0 Å².